The Morgan fingerprint density at radius 3 is 2.95 bits per heavy atom. The lowest BCUT2D eigenvalue weighted by molar-refractivity contribution is -0.123. The van der Waals surface area contributed by atoms with Gasteiger partial charge in [-0.25, -0.2) is 4.98 Å². The standard InChI is InChI=1S/C14H20N4O/c1-4-7-16-13(19)10(3)18-12-8-9(2)5-6-11(12)17-14(18)15/h5-6,8,10H,4,7H2,1-3H3,(H2,15,17)(H,16,19). The van der Waals surface area contributed by atoms with Crippen LogP contribution in [0.1, 0.15) is 31.9 Å². The molecule has 1 aromatic carbocycles. The number of nitrogens with two attached hydrogens (primary N) is 1. The molecule has 5 heteroatoms. The van der Waals surface area contributed by atoms with Crippen LogP contribution in [0, 0.1) is 6.92 Å². The average Bonchev–Trinajstić information content (AvgIpc) is 2.70. The van der Waals surface area contributed by atoms with Gasteiger partial charge in [0.05, 0.1) is 11.0 Å². The van der Waals surface area contributed by atoms with Gasteiger partial charge in [0.15, 0.2) is 0 Å². The Morgan fingerprint density at radius 2 is 2.26 bits per heavy atom. The first-order valence-electron chi connectivity index (χ1n) is 6.56. The van der Waals surface area contributed by atoms with Crippen molar-refractivity contribution in [2.24, 2.45) is 0 Å². The van der Waals surface area contributed by atoms with Crippen molar-refractivity contribution in [1.82, 2.24) is 14.9 Å². The molecule has 19 heavy (non-hydrogen) atoms. The van der Waals surface area contributed by atoms with Crippen molar-refractivity contribution in [1.29, 1.82) is 0 Å². The van der Waals surface area contributed by atoms with Crippen LogP contribution in [0.2, 0.25) is 0 Å². The van der Waals surface area contributed by atoms with Gasteiger partial charge in [0.25, 0.3) is 0 Å². The van der Waals surface area contributed by atoms with Crippen molar-refractivity contribution < 1.29 is 4.79 Å². The second-order valence-corrected chi connectivity index (χ2v) is 4.80. The zero-order valence-corrected chi connectivity index (χ0v) is 11.6. The minimum Gasteiger partial charge on any atom is -0.369 e. The summed E-state index contributed by atoms with van der Waals surface area (Å²) in [7, 11) is 0. The van der Waals surface area contributed by atoms with Crippen molar-refractivity contribution in [2.75, 3.05) is 12.3 Å². The smallest absolute Gasteiger partial charge is 0.242 e. The van der Waals surface area contributed by atoms with Crippen LogP contribution in [0.25, 0.3) is 11.0 Å². The number of anilines is 1. The predicted molar refractivity (Wildman–Crippen MR) is 76.9 cm³/mol. The second kappa shape index (κ2) is 5.30. The van der Waals surface area contributed by atoms with Gasteiger partial charge in [-0.05, 0) is 38.0 Å². The fourth-order valence-corrected chi connectivity index (χ4v) is 2.14. The minimum absolute atomic E-state index is 0.0330. The van der Waals surface area contributed by atoms with Crippen molar-refractivity contribution >= 4 is 22.9 Å². The number of imidazole rings is 1. The third kappa shape index (κ3) is 2.54. The number of rotatable bonds is 4. The molecule has 0 spiro atoms. The molecule has 102 valence electrons. The molecule has 0 aliphatic carbocycles. The molecule has 3 N–H and O–H groups in total. The number of hydrogen-bond acceptors (Lipinski definition) is 3. The van der Waals surface area contributed by atoms with Gasteiger partial charge in [0.1, 0.15) is 6.04 Å². The minimum atomic E-state index is -0.363. The molecule has 1 amide bonds. The Kier molecular flexibility index (Phi) is 3.74. The van der Waals surface area contributed by atoms with Crippen LogP contribution in [-0.4, -0.2) is 22.0 Å². The normalized spacial score (nSPS) is 12.6. The summed E-state index contributed by atoms with van der Waals surface area (Å²) >= 11 is 0. The summed E-state index contributed by atoms with van der Waals surface area (Å²) in [6, 6.07) is 5.55. The largest absolute Gasteiger partial charge is 0.369 e. The molecule has 0 saturated heterocycles. The maximum atomic E-state index is 12.1. The van der Waals surface area contributed by atoms with Gasteiger partial charge in [-0.3, -0.25) is 9.36 Å². The first kappa shape index (κ1) is 13.4. The number of benzene rings is 1. The average molecular weight is 260 g/mol. The van der Waals surface area contributed by atoms with Gasteiger partial charge in [-0.1, -0.05) is 13.0 Å². The van der Waals surface area contributed by atoms with Gasteiger partial charge in [0.2, 0.25) is 11.9 Å². The van der Waals surface area contributed by atoms with E-state index in [-0.39, 0.29) is 11.9 Å². The third-order valence-electron chi connectivity index (χ3n) is 3.19. The van der Waals surface area contributed by atoms with Crippen molar-refractivity contribution in [2.45, 2.75) is 33.2 Å². The molecular weight excluding hydrogens is 240 g/mol. The van der Waals surface area contributed by atoms with Crippen LogP contribution >= 0.6 is 0 Å². The van der Waals surface area contributed by atoms with E-state index >= 15 is 0 Å². The molecule has 1 aromatic heterocycles. The Hall–Kier alpha value is -2.04. The van der Waals surface area contributed by atoms with E-state index in [1.54, 1.807) is 4.57 Å². The third-order valence-corrected chi connectivity index (χ3v) is 3.19. The van der Waals surface area contributed by atoms with E-state index in [1.165, 1.54) is 0 Å². The van der Waals surface area contributed by atoms with Crippen LogP contribution < -0.4 is 11.1 Å². The molecule has 5 nitrogen and oxygen atoms in total. The van der Waals surface area contributed by atoms with Crippen molar-refractivity contribution in [3.05, 3.63) is 23.8 Å². The Balaban J connectivity index is 2.40. The van der Waals surface area contributed by atoms with Crippen molar-refractivity contribution in [3.63, 3.8) is 0 Å². The highest BCUT2D eigenvalue weighted by atomic mass is 16.2. The molecule has 0 aliphatic rings. The van der Waals surface area contributed by atoms with Crippen LogP contribution in [-0.2, 0) is 4.79 Å². The van der Waals surface area contributed by atoms with Crippen LogP contribution in [0.4, 0.5) is 5.95 Å². The highest BCUT2D eigenvalue weighted by Crippen LogP contribution is 2.23. The number of nitrogen functional groups attached to an aromatic ring is 1. The zero-order chi connectivity index (χ0) is 14.0. The molecule has 0 radical (unpaired) electrons. The summed E-state index contributed by atoms with van der Waals surface area (Å²) in [5.41, 5.74) is 8.78. The van der Waals surface area contributed by atoms with E-state index in [0.717, 1.165) is 23.0 Å². The molecule has 0 fully saturated rings. The molecule has 1 atom stereocenters. The highest BCUT2D eigenvalue weighted by Gasteiger charge is 2.19. The van der Waals surface area contributed by atoms with E-state index in [2.05, 4.69) is 10.3 Å². The van der Waals surface area contributed by atoms with Crippen LogP contribution in [0.5, 0.6) is 0 Å². The Bertz CT molecular complexity index is 603. The number of aryl methyl sites for hydroxylation is 1. The second-order valence-electron chi connectivity index (χ2n) is 4.80. The summed E-state index contributed by atoms with van der Waals surface area (Å²) in [4.78, 5) is 16.4. The number of hydrogen-bond donors (Lipinski definition) is 2. The summed E-state index contributed by atoms with van der Waals surface area (Å²) < 4.78 is 1.79. The van der Waals surface area contributed by atoms with Crippen LogP contribution in [0.3, 0.4) is 0 Å². The summed E-state index contributed by atoms with van der Waals surface area (Å²) in [6.07, 6.45) is 0.914. The maximum absolute atomic E-state index is 12.1. The van der Waals surface area contributed by atoms with E-state index < -0.39 is 0 Å². The fraction of sp³-hybridized carbons (Fsp3) is 0.429. The topological polar surface area (TPSA) is 72.9 Å². The monoisotopic (exact) mass is 260 g/mol. The lowest BCUT2D eigenvalue weighted by Gasteiger charge is -2.15. The molecule has 0 bridgehead atoms. The van der Waals surface area contributed by atoms with Gasteiger partial charge < -0.3 is 11.1 Å². The van der Waals surface area contributed by atoms with Gasteiger partial charge in [0, 0.05) is 6.54 Å². The summed E-state index contributed by atoms with van der Waals surface area (Å²) in [6.45, 7) is 6.55. The molecule has 0 aliphatic heterocycles. The number of carbonyl (C=O) groups excluding carboxylic acids is 1. The molecule has 1 heterocycles. The maximum Gasteiger partial charge on any atom is 0.242 e. The Labute approximate surface area is 112 Å². The summed E-state index contributed by atoms with van der Waals surface area (Å²) in [5.74, 6) is 0.342. The predicted octanol–water partition coefficient (Wildman–Crippen LogP) is 2.01. The molecule has 2 aromatic rings. The quantitative estimate of drug-likeness (QED) is 0.883. The SMILES string of the molecule is CCCNC(=O)C(C)n1c(N)nc2ccc(C)cc21. The van der Waals surface area contributed by atoms with Gasteiger partial charge >= 0.3 is 0 Å². The van der Waals surface area contributed by atoms with Crippen LogP contribution in [0.15, 0.2) is 18.2 Å². The van der Waals surface area contributed by atoms with E-state index in [9.17, 15) is 4.79 Å². The number of carbonyl (C=O) groups is 1. The lowest BCUT2D eigenvalue weighted by Crippen LogP contribution is -2.31. The fourth-order valence-electron chi connectivity index (χ4n) is 2.14. The van der Waals surface area contributed by atoms with E-state index in [4.69, 9.17) is 5.73 Å². The zero-order valence-electron chi connectivity index (χ0n) is 11.6. The molecule has 0 saturated carbocycles. The number of fused-ring (bicyclic) bond motifs is 1. The number of amides is 1. The first-order valence-corrected chi connectivity index (χ1v) is 6.56. The highest BCUT2D eigenvalue weighted by molar-refractivity contribution is 5.85. The number of aromatic nitrogens is 2. The molecule has 1 unspecified atom stereocenters. The van der Waals surface area contributed by atoms with Gasteiger partial charge in [-0.2, -0.15) is 0 Å². The van der Waals surface area contributed by atoms with E-state index in [1.807, 2.05) is 39.0 Å². The summed E-state index contributed by atoms with van der Waals surface area (Å²) in [5, 5.41) is 2.88. The van der Waals surface area contributed by atoms with Crippen molar-refractivity contribution in [3.8, 4) is 0 Å². The molecular formula is C14H20N4O. The molecule has 2 rings (SSSR count). The van der Waals surface area contributed by atoms with E-state index in [0.29, 0.717) is 12.5 Å². The Morgan fingerprint density at radius 1 is 1.53 bits per heavy atom. The number of nitrogens with one attached hydrogen (secondary N) is 1. The van der Waals surface area contributed by atoms with Gasteiger partial charge in [-0.15, -0.1) is 0 Å². The first-order chi connectivity index (χ1) is 9.04. The number of nitrogens with zero attached hydrogens (tertiary/aromatic N) is 2. The lowest BCUT2D eigenvalue weighted by atomic mass is 10.2.